The third-order valence-electron chi connectivity index (χ3n) is 7.43. The van der Waals surface area contributed by atoms with Crippen molar-refractivity contribution in [2.24, 2.45) is 0 Å². The second-order valence-corrected chi connectivity index (χ2v) is 10.1. The zero-order valence-corrected chi connectivity index (χ0v) is 23.1. The summed E-state index contributed by atoms with van der Waals surface area (Å²) in [6.45, 7) is 4.77. The number of hydrogen-bond acceptors (Lipinski definition) is 6. The average molecular weight is 560 g/mol. The van der Waals surface area contributed by atoms with Gasteiger partial charge in [-0.15, -0.1) is 0 Å². The summed E-state index contributed by atoms with van der Waals surface area (Å²) in [6, 6.07) is 18.0. The first-order valence-electron chi connectivity index (χ1n) is 13.8. The molecule has 0 spiro atoms. The zero-order valence-electron chi connectivity index (χ0n) is 23.1. The summed E-state index contributed by atoms with van der Waals surface area (Å²) in [7, 11) is 1.54. The van der Waals surface area contributed by atoms with Crippen molar-refractivity contribution >= 4 is 29.1 Å². The second kappa shape index (κ2) is 12.8. The predicted molar refractivity (Wildman–Crippen MR) is 155 cm³/mol. The maximum absolute atomic E-state index is 13.7. The van der Waals surface area contributed by atoms with Gasteiger partial charge in [-0.05, 0) is 67.6 Å². The maximum atomic E-state index is 13.7. The Bertz CT molecular complexity index is 1420. The summed E-state index contributed by atoms with van der Waals surface area (Å²) in [6.07, 6.45) is 0.877. The minimum atomic E-state index is -0.447. The molecule has 2 N–H and O–H groups in total. The molecule has 0 aromatic heterocycles. The van der Waals surface area contributed by atoms with E-state index in [-0.39, 0.29) is 17.7 Å². The number of nitrogens with one attached hydrogen (secondary N) is 2. The van der Waals surface area contributed by atoms with Gasteiger partial charge in [0.05, 0.1) is 18.5 Å². The Morgan fingerprint density at radius 1 is 0.780 bits per heavy atom. The largest absolute Gasteiger partial charge is 0.497 e. The van der Waals surface area contributed by atoms with Crippen molar-refractivity contribution in [1.82, 2.24) is 15.1 Å². The number of carbonyl (C=O) groups excluding carboxylic acids is 3. The molecule has 0 radical (unpaired) electrons. The monoisotopic (exact) mass is 559 g/mol. The molecular formula is C31H34FN5O4. The van der Waals surface area contributed by atoms with E-state index < -0.39 is 5.82 Å². The van der Waals surface area contributed by atoms with Crippen LogP contribution < -0.4 is 20.3 Å². The van der Waals surface area contributed by atoms with Gasteiger partial charge in [0, 0.05) is 62.5 Å². The first kappa shape index (κ1) is 28.1. The van der Waals surface area contributed by atoms with Crippen LogP contribution in [0.3, 0.4) is 0 Å². The van der Waals surface area contributed by atoms with Gasteiger partial charge in [0.1, 0.15) is 11.6 Å². The van der Waals surface area contributed by atoms with Gasteiger partial charge in [-0.2, -0.15) is 0 Å². The number of amides is 3. The van der Waals surface area contributed by atoms with Crippen LogP contribution in [0.4, 0.5) is 15.8 Å². The van der Waals surface area contributed by atoms with Crippen LogP contribution in [0.15, 0.2) is 66.7 Å². The van der Waals surface area contributed by atoms with Crippen LogP contribution in [-0.4, -0.2) is 87.0 Å². The molecule has 2 saturated heterocycles. The molecule has 0 saturated carbocycles. The van der Waals surface area contributed by atoms with E-state index in [0.717, 1.165) is 25.2 Å². The Morgan fingerprint density at radius 3 is 2.24 bits per heavy atom. The number of hydrogen-bond donors (Lipinski definition) is 2. The number of methoxy groups -OCH3 is 1. The summed E-state index contributed by atoms with van der Waals surface area (Å²) in [5, 5.41) is 6.32. The fourth-order valence-corrected chi connectivity index (χ4v) is 5.19. The van der Waals surface area contributed by atoms with E-state index in [1.165, 1.54) is 18.2 Å². The Balaban J connectivity index is 1.38. The molecule has 0 bridgehead atoms. The average Bonchev–Trinajstić information content (AvgIpc) is 3.30. The summed E-state index contributed by atoms with van der Waals surface area (Å²) in [5.74, 6) is -0.507. The fraction of sp³-hybridized carbons (Fsp3) is 0.323. The molecule has 2 aliphatic heterocycles. The molecule has 2 aliphatic rings. The SMILES string of the molecule is COc1cccc(C(=O)Nc2cc(C(=O)N3CCCNCC3)ccc2N2CCN(C(=O)c3cccc(F)c3)CC2)c1. The summed E-state index contributed by atoms with van der Waals surface area (Å²) in [4.78, 5) is 45.2. The molecule has 5 rings (SSSR count). The number of piperazine rings is 1. The van der Waals surface area contributed by atoms with Gasteiger partial charge >= 0.3 is 0 Å². The lowest BCUT2D eigenvalue weighted by atomic mass is 10.1. The van der Waals surface area contributed by atoms with E-state index in [1.54, 1.807) is 54.5 Å². The highest BCUT2D eigenvalue weighted by Crippen LogP contribution is 2.30. The molecule has 0 atom stereocenters. The molecule has 2 fully saturated rings. The molecule has 3 aromatic carbocycles. The minimum Gasteiger partial charge on any atom is -0.497 e. The quantitative estimate of drug-likeness (QED) is 0.481. The third-order valence-corrected chi connectivity index (χ3v) is 7.43. The van der Waals surface area contributed by atoms with Crippen LogP contribution in [0.5, 0.6) is 5.75 Å². The minimum absolute atomic E-state index is 0.0809. The van der Waals surface area contributed by atoms with E-state index in [1.807, 2.05) is 11.0 Å². The van der Waals surface area contributed by atoms with Crippen molar-refractivity contribution < 1.29 is 23.5 Å². The lowest BCUT2D eigenvalue weighted by Gasteiger charge is -2.37. The van der Waals surface area contributed by atoms with E-state index in [2.05, 4.69) is 15.5 Å². The molecule has 214 valence electrons. The Morgan fingerprint density at radius 2 is 1.49 bits per heavy atom. The van der Waals surface area contributed by atoms with E-state index in [4.69, 9.17) is 4.74 Å². The third kappa shape index (κ3) is 6.66. The summed E-state index contributed by atoms with van der Waals surface area (Å²) in [5.41, 5.74) is 2.51. The van der Waals surface area contributed by atoms with Crippen LogP contribution in [-0.2, 0) is 0 Å². The van der Waals surface area contributed by atoms with Crippen LogP contribution in [0, 0.1) is 5.82 Å². The molecule has 3 amide bonds. The number of carbonyl (C=O) groups is 3. The maximum Gasteiger partial charge on any atom is 0.255 e. The number of benzene rings is 3. The summed E-state index contributed by atoms with van der Waals surface area (Å²) >= 11 is 0. The van der Waals surface area contributed by atoms with Crippen LogP contribution >= 0.6 is 0 Å². The molecule has 3 aromatic rings. The highest BCUT2D eigenvalue weighted by atomic mass is 19.1. The van der Waals surface area contributed by atoms with Gasteiger partial charge in [-0.3, -0.25) is 14.4 Å². The number of anilines is 2. The smallest absolute Gasteiger partial charge is 0.255 e. The van der Waals surface area contributed by atoms with Gasteiger partial charge in [-0.25, -0.2) is 4.39 Å². The molecule has 9 nitrogen and oxygen atoms in total. The second-order valence-electron chi connectivity index (χ2n) is 10.1. The van der Waals surface area contributed by atoms with Crippen LogP contribution in [0.2, 0.25) is 0 Å². The highest BCUT2D eigenvalue weighted by Gasteiger charge is 2.26. The van der Waals surface area contributed by atoms with E-state index in [0.29, 0.717) is 67.4 Å². The van der Waals surface area contributed by atoms with E-state index in [9.17, 15) is 18.8 Å². The molecule has 2 heterocycles. The topological polar surface area (TPSA) is 94.2 Å². The number of halogens is 1. The highest BCUT2D eigenvalue weighted by molar-refractivity contribution is 6.07. The first-order chi connectivity index (χ1) is 19.9. The zero-order chi connectivity index (χ0) is 28.8. The van der Waals surface area contributed by atoms with Crippen molar-refractivity contribution in [3.63, 3.8) is 0 Å². The van der Waals surface area contributed by atoms with Gasteiger partial charge in [0.25, 0.3) is 17.7 Å². The van der Waals surface area contributed by atoms with Gasteiger partial charge < -0.3 is 30.1 Å². The van der Waals surface area contributed by atoms with Crippen molar-refractivity contribution in [2.75, 3.05) is 69.7 Å². The van der Waals surface area contributed by atoms with Crippen molar-refractivity contribution in [3.05, 3.63) is 89.2 Å². The number of nitrogens with zero attached hydrogens (tertiary/aromatic N) is 3. The lowest BCUT2D eigenvalue weighted by Crippen LogP contribution is -2.49. The number of rotatable bonds is 6. The first-order valence-corrected chi connectivity index (χ1v) is 13.8. The van der Waals surface area contributed by atoms with Crippen molar-refractivity contribution in [2.45, 2.75) is 6.42 Å². The lowest BCUT2D eigenvalue weighted by molar-refractivity contribution is 0.0743. The number of ether oxygens (including phenoxy) is 1. The normalized spacial score (nSPS) is 15.7. The predicted octanol–water partition coefficient (Wildman–Crippen LogP) is 3.48. The summed E-state index contributed by atoms with van der Waals surface area (Å²) < 4.78 is 18.9. The van der Waals surface area contributed by atoms with Gasteiger partial charge in [-0.1, -0.05) is 12.1 Å². The van der Waals surface area contributed by atoms with Crippen LogP contribution in [0.25, 0.3) is 0 Å². The van der Waals surface area contributed by atoms with E-state index >= 15 is 0 Å². The van der Waals surface area contributed by atoms with Crippen molar-refractivity contribution in [3.8, 4) is 5.75 Å². The molecule has 41 heavy (non-hydrogen) atoms. The van der Waals surface area contributed by atoms with Crippen LogP contribution in [0.1, 0.15) is 37.5 Å². The fourth-order valence-electron chi connectivity index (χ4n) is 5.19. The Hall–Kier alpha value is -4.44. The molecule has 10 heteroatoms. The molecule has 0 unspecified atom stereocenters. The molecule has 0 aliphatic carbocycles. The standard InChI is InChI=1S/C31H34FN5O4/c1-41-26-8-3-5-22(20-26)29(38)34-27-21-24(31(40)36-13-4-11-33-12-14-36)9-10-28(27)35-15-17-37(18-16-35)30(39)23-6-2-7-25(32)19-23/h2-3,5-10,19-21,33H,4,11-18H2,1H3,(H,34,38). The Kier molecular flexibility index (Phi) is 8.79. The van der Waals surface area contributed by atoms with Gasteiger partial charge in [0.15, 0.2) is 0 Å². The van der Waals surface area contributed by atoms with Crippen molar-refractivity contribution in [1.29, 1.82) is 0 Å². The van der Waals surface area contributed by atoms with Gasteiger partial charge in [0.2, 0.25) is 0 Å². The Labute approximate surface area is 238 Å². The molecular weight excluding hydrogens is 525 g/mol.